The van der Waals surface area contributed by atoms with E-state index in [1.165, 1.54) is 12.1 Å². The second kappa shape index (κ2) is 9.02. The van der Waals surface area contributed by atoms with Crippen molar-refractivity contribution in [1.29, 1.82) is 0 Å². The van der Waals surface area contributed by atoms with Crippen molar-refractivity contribution < 1.29 is 19.0 Å². The minimum atomic E-state index is -0.293. The summed E-state index contributed by atoms with van der Waals surface area (Å²) < 4.78 is 18.0. The topological polar surface area (TPSA) is 58.6 Å². The Hall–Kier alpha value is -2.24. The van der Waals surface area contributed by atoms with Gasteiger partial charge in [0.1, 0.15) is 12.4 Å². The molecule has 0 aromatic heterocycles. The lowest BCUT2D eigenvalue weighted by Crippen LogP contribution is -2.29. The number of halogens is 1. The summed E-state index contributed by atoms with van der Waals surface area (Å²) in [4.78, 5) is 11.6. The van der Waals surface area contributed by atoms with Gasteiger partial charge in [0.25, 0.3) is 0 Å². The van der Waals surface area contributed by atoms with Crippen LogP contribution < -0.4 is 5.32 Å². The van der Waals surface area contributed by atoms with Gasteiger partial charge in [0.15, 0.2) is 0 Å². The Labute approximate surface area is 134 Å². The van der Waals surface area contributed by atoms with Crippen LogP contribution in [0.1, 0.15) is 16.7 Å². The van der Waals surface area contributed by atoms with E-state index in [0.29, 0.717) is 6.54 Å². The predicted molar refractivity (Wildman–Crippen MR) is 85.1 cm³/mol. The highest BCUT2D eigenvalue weighted by Gasteiger charge is 2.02. The van der Waals surface area contributed by atoms with Crippen LogP contribution in [0, 0.1) is 5.82 Å². The highest BCUT2D eigenvalue weighted by molar-refractivity contribution is 5.77. The van der Waals surface area contributed by atoms with Crippen LogP contribution in [0.4, 0.5) is 4.39 Å². The Kier molecular flexibility index (Phi) is 6.72. The van der Waals surface area contributed by atoms with Crippen LogP contribution in [-0.2, 0) is 29.2 Å². The number of benzene rings is 2. The lowest BCUT2D eigenvalue weighted by molar-refractivity contribution is -0.126. The van der Waals surface area contributed by atoms with Gasteiger partial charge >= 0.3 is 0 Å². The first-order valence-corrected chi connectivity index (χ1v) is 7.45. The summed E-state index contributed by atoms with van der Waals surface area (Å²) in [5, 5.41) is 11.7. The average molecular weight is 317 g/mol. The van der Waals surface area contributed by atoms with Gasteiger partial charge in [-0.2, -0.15) is 0 Å². The first-order valence-electron chi connectivity index (χ1n) is 7.45. The zero-order chi connectivity index (χ0) is 16.5. The lowest BCUT2D eigenvalue weighted by atomic mass is 10.1. The van der Waals surface area contributed by atoms with Crippen molar-refractivity contribution in [2.24, 2.45) is 0 Å². The van der Waals surface area contributed by atoms with E-state index in [-0.39, 0.29) is 31.5 Å². The van der Waals surface area contributed by atoms with E-state index >= 15 is 0 Å². The highest BCUT2D eigenvalue weighted by atomic mass is 19.1. The SMILES string of the molecule is O=C(COCc1ccc(F)cc1)NCCc1ccc(CO)cc1. The van der Waals surface area contributed by atoms with Gasteiger partial charge in [-0.05, 0) is 35.2 Å². The zero-order valence-electron chi connectivity index (χ0n) is 12.8. The van der Waals surface area contributed by atoms with E-state index in [4.69, 9.17) is 9.84 Å². The molecule has 0 aliphatic heterocycles. The number of carbonyl (C=O) groups excluding carboxylic acids is 1. The van der Waals surface area contributed by atoms with Crippen molar-refractivity contribution in [3.05, 3.63) is 71.0 Å². The van der Waals surface area contributed by atoms with E-state index in [1.54, 1.807) is 12.1 Å². The Balaban J connectivity index is 1.62. The average Bonchev–Trinajstić information content (AvgIpc) is 2.57. The monoisotopic (exact) mass is 317 g/mol. The van der Waals surface area contributed by atoms with Crippen LogP contribution in [0.25, 0.3) is 0 Å². The summed E-state index contributed by atoms with van der Waals surface area (Å²) in [6.45, 7) is 0.802. The minimum absolute atomic E-state index is 0.0270. The van der Waals surface area contributed by atoms with Crippen molar-refractivity contribution in [2.45, 2.75) is 19.6 Å². The zero-order valence-corrected chi connectivity index (χ0v) is 12.8. The fourth-order valence-electron chi connectivity index (χ4n) is 2.05. The van der Waals surface area contributed by atoms with Crippen molar-refractivity contribution in [3.8, 4) is 0 Å². The Morgan fingerprint density at radius 2 is 1.61 bits per heavy atom. The first-order chi connectivity index (χ1) is 11.2. The number of ether oxygens (including phenoxy) is 1. The van der Waals surface area contributed by atoms with Gasteiger partial charge in [0.2, 0.25) is 5.91 Å². The lowest BCUT2D eigenvalue weighted by Gasteiger charge is -2.07. The fraction of sp³-hybridized carbons (Fsp3) is 0.278. The Morgan fingerprint density at radius 3 is 2.26 bits per heavy atom. The summed E-state index contributed by atoms with van der Waals surface area (Å²) in [5.74, 6) is -0.474. The molecule has 1 amide bonds. The number of nitrogens with one attached hydrogen (secondary N) is 1. The summed E-state index contributed by atoms with van der Waals surface area (Å²) in [5.41, 5.74) is 2.78. The first kappa shape index (κ1) is 17.1. The van der Waals surface area contributed by atoms with Gasteiger partial charge in [0, 0.05) is 6.54 Å². The van der Waals surface area contributed by atoms with Crippen molar-refractivity contribution in [1.82, 2.24) is 5.32 Å². The van der Waals surface area contributed by atoms with Crippen LogP contribution in [0.3, 0.4) is 0 Å². The largest absolute Gasteiger partial charge is 0.392 e. The molecule has 0 aliphatic rings. The minimum Gasteiger partial charge on any atom is -0.392 e. The number of aliphatic hydroxyl groups is 1. The number of amides is 1. The maximum absolute atomic E-state index is 12.7. The third-order valence-corrected chi connectivity index (χ3v) is 3.36. The van der Waals surface area contributed by atoms with Crippen LogP contribution in [0.15, 0.2) is 48.5 Å². The molecule has 0 heterocycles. The summed E-state index contributed by atoms with van der Waals surface area (Å²) in [7, 11) is 0. The fourth-order valence-corrected chi connectivity index (χ4v) is 2.05. The van der Waals surface area contributed by atoms with Gasteiger partial charge in [0.05, 0.1) is 13.2 Å². The molecule has 0 spiro atoms. The van der Waals surface area contributed by atoms with E-state index in [2.05, 4.69) is 5.32 Å². The van der Waals surface area contributed by atoms with E-state index in [9.17, 15) is 9.18 Å². The van der Waals surface area contributed by atoms with E-state index in [0.717, 1.165) is 23.1 Å². The molecule has 2 N–H and O–H groups in total. The molecule has 0 aliphatic carbocycles. The molecule has 2 rings (SSSR count). The molecule has 2 aromatic rings. The quantitative estimate of drug-likeness (QED) is 0.785. The second-order valence-electron chi connectivity index (χ2n) is 5.19. The molecule has 0 saturated heterocycles. The molecular weight excluding hydrogens is 297 g/mol. The number of hydrogen-bond acceptors (Lipinski definition) is 3. The summed E-state index contributed by atoms with van der Waals surface area (Å²) >= 11 is 0. The third kappa shape index (κ3) is 6.18. The standard InChI is InChI=1S/C18H20FNO3/c19-17-7-5-16(6-8-17)12-23-13-18(22)20-10-9-14-1-3-15(11-21)4-2-14/h1-8,21H,9-13H2,(H,20,22). The van der Waals surface area contributed by atoms with Gasteiger partial charge in [-0.1, -0.05) is 36.4 Å². The maximum Gasteiger partial charge on any atom is 0.246 e. The molecule has 122 valence electrons. The van der Waals surface area contributed by atoms with Crippen LogP contribution >= 0.6 is 0 Å². The van der Waals surface area contributed by atoms with Crippen molar-refractivity contribution in [2.75, 3.05) is 13.2 Å². The van der Waals surface area contributed by atoms with Crippen molar-refractivity contribution in [3.63, 3.8) is 0 Å². The molecule has 23 heavy (non-hydrogen) atoms. The molecule has 0 unspecified atom stereocenters. The van der Waals surface area contributed by atoms with Crippen LogP contribution in [0.2, 0.25) is 0 Å². The third-order valence-electron chi connectivity index (χ3n) is 3.36. The molecule has 0 bridgehead atoms. The Bertz CT molecular complexity index is 611. The van der Waals surface area contributed by atoms with Crippen LogP contribution in [-0.4, -0.2) is 24.2 Å². The molecule has 2 aromatic carbocycles. The summed E-state index contributed by atoms with van der Waals surface area (Å²) in [6.07, 6.45) is 0.718. The Morgan fingerprint density at radius 1 is 1.00 bits per heavy atom. The number of hydrogen-bond donors (Lipinski definition) is 2. The molecule has 0 atom stereocenters. The van der Waals surface area contributed by atoms with Gasteiger partial charge in [-0.15, -0.1) is 0 Å². The van der Waals surface area contributed by atoms with E-state index < -0.39 is 0 Å². The molecule has 0 radical (unpaired) electrons. The number of rotatable bonds is 8. The number of carbonyl (C=O) groups is 1. The smallest absolute Gasteiger partial charge is 0.246 e. The number of aliphatic hydroxyl groups excluding tert-OH is 1. The van der Waals surface area contributed by atoms with Crippen LogP contribution in [0.5, 0.6) is 0 Å². The van der Waals surface area contributed by atoms with Crippen molar-refractivity contribution >= 4 is 5.91 Å². The van der Waals surface area contributed by atoms with Gasteiger partial charge in [-0.25, -0.2) is 4.39 Å². The molecule has 0 saturated carbocycles. The predicted octanol–water partition coefficient (Wildman–Crippen LogP) is 2.19. The molecular formula is C18H20FNO3. The highest BCUT2D eigenvalue weighted by Crippen LogP contribution is 2.05. The molecule has 0 fully saturated rings. The molecule has 5 heteroatoms. The maximum atomic E-state index is 12.7. The summed E-state index contributed by atoms with van der Waals surface area (Å²) in [6, 6.07) is 13.6. The van der Waals surface area contributed by atoms with Gasteiger partial charge < -0.3 is 15.2 Å². The normalized spacial score (nSPS) is 10.5. The van der Waals surface area contributed by atoms with Gasteiger partial charge in [-0.3, -0.25) is 4.79 Å². The second-order valence-corrected chi connectivity index (χ2v) is 5.19. The molecule has 4 nitrogen and oxygen atoms in total. The van der Waals surface area contributed by atoms with E-state index in [1.807, 2.05) is 24.3 Å².